The van der Waals surface area contributed by atoms with Crippen LogP contribution in [-0.4, -0.2) is 12.2 Å². The minimum atomic E-state index is -4.65. The lowest BCUT2D eigenvalue weighted by Gasteiger charge is -2.26. The van der Waals surface area contributed by atoms with Crippen molar-refractivity contribution in [3.05, 3.63) is 30.3 Å². The van der Waals surface area contributed by atoms with Gasteiger partial charge in [0.25, 0.3) is 0 Å². The summed E-state index contributed by atoms with van der Waals surface area (Å²) in [5, 5.41) is -0.130. The molecule has 1 aromatic rings. The Kier molecular flexibility index (Phi) is 3.18. The SMILES string of the molecule is CC(=O)NN(c1ccccc1)C(F)(F)F. The van der Waals surface area contributed by atoms with E-state index in [1.807, 2.05) is 0 Å². The summed E-state index contributed by atoms with van der Waals surface area (Å²) in [5.74, 6) is -0.781. The molecule has 1 aromatic carbocycles. The summed E-state index contributed by atoms with van der Waals surface area (Å²) in [6.45, 7) is 1.02. The molecule has 1 N–H and O–H groups in total. The van der Waals surface area contributed by atoms with Crippen LogP contribution in [0.3, 0.4) is 0 Å². The molecule has 0 atom stereocenters. The molecule has 0 aliphatic carbocycles. The van der Waals surface area contributed by atoms with Gasteiger partial charge in [0, 0.05) is 6.92 Å². The number of benzene rings is 1. The highest BCUT2D eigenvalue weighted by Crippen LogP contribution is 2.25. The zero-order valence-electron chi connectivity index (χ0n) is 7.88. The first-order valence-electron chi connectivity index (χ1n) is 4.10. The van der Waals surface area contributed by atoms with Crippen molar-refractivity contribution in [2.24, 2.45) is 0 Å². The summed E-state index contributed by atoms with van der Waals surface area (Å²) in [4.78, 5) is 10.6. The lowest BCUT2D eigenvalue weighted by molar-refractivity contribution is -0.145. The highest BCUT2D eigenvalue weighted by molar-refractivity contribution is 5.75. The molecule has 0 radical (unpaired) electrons. The average Bonchev–Trinajstić information content (AvgIpc) is 2.14. The minimum absolute atomic E-state index is 0.130. The van der Waals surface area contributed by atoms with Crippen molar-refractivity contribution in [2.75, 3.05) is 5.01 Å². The highest BCUT2D eigenvalue weighted by Gasteiger charge is 2.38. The molecule has 1 amide bonds. The molecule has 0 saturated heterocycles. The molecule has 6 heteroatoms. The summed E-state index contributed by atoms with van der Waals surface area (Å²) < 4.78 is 37.4. The first-order chi connectivity index (χ1) is 6.91. The van der Waals surface area contributed by atoms with Crippen LogP contribution < -0.4 is 10.4 Å². The van der Waals surface area contributed by atoms with Gasteiger partial charge in [-0.2, -0.15) is 5.01 Å². The van der Waals surface area contributed by atoms with Gasteiger partial charge in [0.15, 0.2) is 0 Å². The molecule has 0 unspecified atom stereocenters. The van der Waals surface area contributed by atoms with Gasteiger partial charge in [-0.1, -0.05) is 18.2 Å². The van der Waals surface area contributed by atoms with E-state index in [1.165, 1.54) is 24.3 Å². The van der Waals surface area contributed by atoms with Crippen LogP contribution in [0.4, 0.5) is 18.9 Å². The van der Waals surface area contributed by atoms with Gasteiger partial charge in [0.1, 0.15) is 0 Å². The van der Waals surface area contributed by atoms with Crippen molar-refractivity contribution in [3.63, 3.8) is 0 Å². The Bertz CT molecular complexity index is 337. The maximum Gasteiger partial charge on any atom is 0.503 e. The Balaban J connectivity index is 2.97. The topological polar surface area (TPSA) is 32.3 Å². The van der Waals surface area contributed by atoms with Gasteiger partial charge in [-0.3, -0.25) is 10.2 Å². The first kappa shape index (κ1) is 11.4. The second-order valence-electron chi connectivity index (χ2n) is 2.81. The monoisotopic (exact) mass is 218 g/mol. The molecule has 0 aliphatic rings. The number of halogens is 3. The zero-order valence-corrected chi connectivity index (χ0v) is 7.88. The predicted molar refractivity (Wildman–Crippen MR) is 48.8 cm³/mol. The average molecular weight is 218 g/mol. The summed E-state index contributed by atoms with van der Waals surface area (Å²) in [6, 6.07) is 7.00. The Hall–Kier alpha value is -1.72. The van der Waals surface area contributed by atoms with E-state index in [0.29, 0.717) is 0 Å². The summed E-state index contributed by atoms with van der Waals surface area (Å²) in [7, 11) is 0. The quantitative estimate of drug-likeness (QED) is 0.608. The van der Waals surface area contributed by atoms with E-state index in [9.17, 15) is 18.0 Å². The Morgan fingerprint density at radius 1 is 1.27 bits per heavy atom. The Morgan fingerprint density at radius 3 is 2.20 bits per heavy atom. The molecule has 0 fully saturated rings. The molecule has 0 heterocycles. The van der Waals surface area contributed by atoms with Crippen LogP contribution in [0.2, 0.25) is 0 Å². The Morgan fingerprint density at radius 2 is 1.80 bits per heavy atom. The maximum absolute atomic E-state index is 12.5. The minimum Gasteiger partial charge on any atom is -0.274 e. The third-order valence-corrected chi connectivity index (χ3v) is 1.54. The van der Waals surface area contributed by atoms with Crippen LogP contribution in [0.5, 0.6) is 0 Å². The molecule has 15 heavy (non-hydrogen) atoms. The first-order valence-corrected chi connectivity index (χ1v) is 4.10. The lowest BCUT2D eigenvalue weighted by atomic mass is 10.3. The number of amides is 1. The van der Waals surface area contributed by atoms with E-state index >= 15 is 0 Å². The van der Waals surface area contributed by atoms with Crippen LogP contribution in [-0.2, 0) is 4.79 Å². The maximum atomic E-state index is 12.5. The molecule has 0 bridgehead atoms. The van der Waals surface area contributed by atoms with Gasteiger partial charge in [-0.15, -0.1) is 13.2 Å². The number of anilines is 1. The van der Waals surface area contributed by atoms with E-state index in [4.69, 9.17) is 0 Å². The summed E-state index contributed by atoms with van der Waals surface area (Å²) >= 11 is 0. The van der Waals surface area contributed by atoms with E-state index in [2.05, 4.69) is 0 Å². The van der Waals surface area contributed by atoms with E-state index < -0.39 is 12.2 Å². The van der Waals surface area contributed by atoms with Gasteiger partial charge < -0.3 is 0 Å². The van der Waals surface area contributed by atoms with Crippen molar-refractivity contribution in [1.29, 1.82) is 0 Å². The lowest BCUT2D eigenvalue weighted by Crippen LogP contribution is -2.50. The molecular formula is C9H9F3N2O. The fourth-order valence-corrected chi connectivity index (χ4v) is 1.01. The van der Waals surface area contributed by atoms with Gasteiger partial charge in [0.2, 0.25) is 5.91 Å². The predicted octanol–water partition coefficient (Wildman–Crippen LogP) is 2.06. The molecule has 0 aromatic heterocycles. The normalized spacial score (nSPS) is 10.9. The van der Waals surface area contributed by atoms with Gasteiger partial charge in [0.05, 0.1) is 5.69 Å². The van der Waals surface area contributed by atoms with Crippen LogP contribution in [0.1, 0.15) is 6.92 Å². The number of hydrazine groups is 1. The highest BCUT2D eigenvalue weighted by atomic mass is 19.4. The number of carbonyl (C=O) groups is 1. The number of para-hydroxylation sites is 1. The second-order valence-corrected chi connectivity index (χ2v) is 2.81. The van der Waals surface area contributed by atoms with Crippen molar-refractivity contribution >= 4 is 11.6 Å². The van der Waals surface area contributed by atoms with Gasteiger partial charge in [-0.25, -0.2) is 0 Å². The summed E-state index contributed by atoms with van der Waals surface area (Å²) in [5.41, 5.74) is 1.57. The van der Waals surface area contributed by atoms with Gasteiger partial charge >= 0.3 is 6.30 Å². The third kappa shape index (κ3) is 3.16. The van der Waals surface area contributed by atoms with Crippen LogP contribution >= 0.6 is 0 Å². The fraction of sp³-hybridized carbons (Fsp3) is 0.222. The third-order valence-electron chi connectivity index (χ3n) is 1.54. The second kappa shape index (κ2) is 4.20. The zero-order chi connectivity index (χ0) is 11.5. The van der Waals surface area contributed by atoms with Crippen LogP contribution in [0.25, 0.3) is 0 Å². The van der Waals surface area contributed by atoms with Crippen molar-refractivity contribution in [1.82, 2.24) is 5.43 Å². The van der Waals surface area contributed by atoms with Crippen molar-refractivity contribution in [3.8, 4) is 0 Å². The molecule has 0 saturated carbocycles. The smallest absolute Gasteiger partial charge is 0.274 e. The van der Waals surface area contributed by atoms with E-state index in [-0.39, 0.29) is 10.7 Å². The number of hydrogen-bond donors (Lipinski definition) is 1. The van der Waals surface area contributed by atoms with E-state index in [1.54, 1.807) is 11.5 Å². The molecule has 82 valence electrons. The number of nitrogens with zero attached hydrogens (tertiary/aromatic N) is 1. The van der Waals surface area contributed by atoms with Gasteiger partial charge in [-0.05, 0) is 12.1 Å². The standard InChI is InChI=1S/C9H9F3N2O/c1-7(15)13-14(9(10,11)12)8-5-3-2-4-6-8/h2-6H,1H3,(H,13,15). The number of alkyl halides is 3. The van der Waals surface area contributed by atoms with E-state index in [0.717, 1.165) is 6.92 Å². The molecule has 0 aliphatic heterocycles. The van der Waals surface area contributed by atoms with Crippen molar-refractivity contribution < 1.29 is 18.0 Å². The molecule has 3 nitrogen and oxygen atoms in total. The van der Waals surface area contributed by atoms with Crippen LogP contribution in [0.15, 0.2) is 30.3 Å². The van der Waals surface area contributed by atoms with Crippen LogP contribution in [0, 0.1) is 0 Å². The number of hydrogen-bond acceptors (Lipinski definition) is 2. The molecule has 1 rings (SSSR count). The number of carbonyl (C=O) groups excluding carboxylic acids is 1. The largest absolute Gasteiger partial charge is 0.503 e. The molecular weight excluding hydrogens is 209 g/mol. The number of rotatable bonds is 2. The Labute approximate surface area is 84.5 Å². The fourth-order valence-electron chi connectivity index (χ4n) is 1.01. The number of nitrogens with one attached hydrogen (secondary N) is 1. The molecule has 0 spiro atoms. The summed E-state index contributed by atoms with van der Waals surface area (Å²) in [6.07, 6.45) is -4.65. The van der Waals surface area contributed by atoms with Crippen molar-refractivity contribution in [2.45, 2.75) is 13.2 Å².